The minimum atomic E-state index is 0.346. The molecule has 19 heavy (non-hydrogen) atoms. The van der Waals surface area contributed by atoms with E-state index in [0.29, 0.717) is 25.5 Å². The second-order valence-electron chi connectivity index (χ2n) is 4.04. The molecule has 0 atom stereocenters. The fraction of sp³-hybridized carbons (Fsp3) is 0.357. The first-order chi connectivity index (χ1) is 9.38. The van der Waals surface area contributed by atoms with Gasteiger partial charge in [0.2, 0.25) is 5.76 Å². The number of rotatable bonds is 8. The second kappa shape index (κ2) is 7.41. The van der Waals surface area contributed by atoms with Crippen LogP contribution in [0.2, 0.25) is 0 Å². The molecule has 0 saturated carbocycles. The van der Waals surface area contributed by atoms with Gasteiger partial charge in [0, 0.05) is 6.61 Å². The van der Waals surface area contributed by atoms with Crippen molar-refractivity contribution in [2.75, 3.05) is 13.2 Å². The zero-order valence-corrected chi connectivity index (χ0v) is 10.6. The third-order valence-electron chi connectivity index (χ3n) is 2.54. The first-order valence-corrected chi connectivity index (χ1v) is 6.18. The fourth-order valence-electron chi connectivity index (χ4n) is 1.61. The summed E-state index contributed by atoms with van der Waals surface area (Å²) in [7, 11) is 0. The van der Waals surface area contributed by atoms with Crippen molar-refractivity contribution in [2.45, 2.75) is 19.6 Å². The summed E-state index contributed by atoms with van der Waals surface area (Å²) in [6.45, 7) is 2.65. The van der Waals surface area contributed by atoms with Crippen LogP contribution in [0, 0.1) is 11.3 Å². The van der Waals surface area contributed by atoms with Gasteiger partial charge in [0.25, 0.3) is 0 Å². The average Bonchev–Trinajstić information content (AvgIpc) is 3.08. The number of nitrogens with zero attached hydrogens (tertiary/aromatic N) is 1. The summed E-state index contributed by atoms with van der Waals surface area (Å²) in [5, 5.41) is 11.8. The Kier molecular flexibility index (Phi) is 5.23. The molecule has 1 N–H and O–H groups in total. The smallest absolute Gasteiger partial charge is 0.203 e. The van der Waals surface area contributed by atoms with Gasteiger partial charge in [-0.15, -0.1) is 0 Å². The summed E-state index contributed by atoms with van der Waals surface area (Å²) in [6, 6.07) is 9.17. The minimum Gasteiger partial charge on any atom is -0.467 e. The molecule has 0 unspecified atom stereocenters. The van der Waals surface area contributed by atoms with Crippen LogP contribution in [-0.4, -0.2) is 13.2 Å². The highest BCUT2D eigenvalue weighted by molar-refractivity contribution is 5.18. The zero-order valence-electron chi connectivity index (χ0n) is 10.6. The molecule has 0 aliphatic heterocycles. The summed E-state index contributed by atoms with van der Waals surface area (Å²) in [5.74, 6) is 1.96. The van der Waals surface area contributed by atoms with Gasteiger partial charge in [0.1, 0.15) is 24.2 Å². The maximum absolute atomic E-state index is 8.61. The molecule has 2 aromatic heterocycles. The first kappa shape index (κ1) is 13.4. The third-order valence-corrected chi connectivity index (χ3v) is 2.54. The number of nitriles is 1. The molecule has 5 nitrogen and oxygen atoms in total. The molecule has 2 heterocycles. The van der Waals surface area contributed by atoms with Crippen LogP contribution in [0.4, 0.5) is 0 Å². The van der Waals surface area contributed by atoms with E-state index in [1.54, 1.807) is 18.4 Å². The largest absolute Gasteiger partial charge is 0.467 e. The molecule has 0 aromatic carbocycles. The number of hydrogen-bond donors (Lipinski definition) is 1. The Bertz CT molecular complexity index is 511. The van der Waals surface area contributed by atoms with Crippen molar-refractivity contribution in [1.82, 2.24) is 5.32 Å². The van der Waals surface area contributed by atoms with Crippen LogP contribution in [0.1, 0.15) is 23.7 Å². The van der Waals surface area contributed by atoms with E-state index in [9.17, 15) is 0 Å². The van der Waals surface area contributed by atoms with Crippen molar-refractivity contribution in [2.24, 2.45) is 0 Å². The Morgan fingerprint density at radius 3 is 2.95 bits per heavy atom. The van der Waals surface area contributed by atoms with Gasteiger partial charge in [-0.05, 0) is 37.2 Å². The van der Waals surface area contributed by atoms with Crippen LogP contribution >= 0.6 is 0 Å². The number of nitrogens with one attached hydrogen (secondary N) is 1. The highest BCUT2D eigenvalue weighted by Gasteiger charge is 2.00. The van der Waals surface area contributed by atoms with Crippen molar-refractivity contribution in [3.05, 3.63) is 47.8 Å². The highest BCUT2D eigenvalue weighted by atomic mass is 16.5. The average molecular weight is 260 g/mol. The number of ether oxygens (including phenoxy) is 1. The van der Waals surface area contributed by atoms with Gasteiger partial charge in [-0.25, -0.2) is 0 Å². The molecule has 5 heteroatoms. The summed E-state index contributed by atoms with van der Waals surface area (Å²) in [5.41, 5.74) is 0. The predicted octanol–water partition coefficient (Wildman–Crippen LogP) is 2.44. The Morgan fingerprint density at radius 2 is 2.21 bits per heavy atom. The van der Waals surface area contributed by atoms with Gasteiger partial charge in [-0.2, -0.15) is 5.26 Å². The van der Waals surface area contributed by atoms with Crippen LogP contribution in [0.5, 0.6) is 0 Å². The summed E-state index contributed by atoms with van der Waals surface area (Å²) in [6.07, 6.45) is 2.55. The Hall–Kier alpha value is -2.03. The monoisotopic (exact) mass is 260 g/mol. The molecular weight excluding hydrogens is 244 g/mol. The number of furan rings is 2. The lowest BCUT2D eigenvalue weighted by atomic mass is 10.4. The summed E-state index contributed by atoms with van der Waals surface area (Å²) >= 11 is 0. The zero-order chi connectivity index (χ0) is 13.3. The number of hydrogen-bond acceptors (Lipinski definition) is 5. The van der Waals surface area contributed by atoms with Crippen molar-refractivity contribution < 1.29 is 13.6 Å². The topological polar surface area (TPSA) is 71.3 Å². The van der Waals surface area contributed by atoms with E-state index in [1.807, 2.05) is 18.2 Å². The molecule has 0 fully saturated rings. The van der Waals surface area contributed by atoms with Crippen LogP contribution in [0.15, 0.2) is 39.4 Å². The molecule has 0 aliphatic carbocycles. The van der Waals surface area contributed by atoms with E-state index in [4.69, 9.17) is 18.8 Å². The lowest BCUT2D eigenvalue weighted by Gasteiger charge is -2.03. The Balaban J connectivity index is 1.49. The van der Waals surface area contributed by atoms with E-state index in [-0.39, 0.29) is 0 Å². The van der Waals surface area contributed by atoms with Crippen molar-refractivity contribution in [3.63, 3.8) is 0 Å². The van der Waals surface area contributed by atoms with Gasteiger partial charge in [0.15, 0.2) is 0 Å². The molecule has 2 rings (SSSR count). The standard InChI is InChI=1S/C14H16N2O3/c15-9-12-4-5-13(19-12)10-16-6-2-7-17-11-14-3-1-8-18-14/h1,3-5,8,16H,2,6-7,10-11H2. The molecule has 100 valence electrons. The Labute approximate surface area is 111 Å². The van der Waals surface area contributed by atoms with Gasteiger partial charge >= 0.3 is 0 Å². The lowest BCUT2D eigenvalue weighted by molar-refractivity contribution is 0.104. The first-order valence-electron chi connectivity index (χ1n) is 6.18. The SMILES string of the molecule is N#Cc1ccc(CNCCCOCc2ccco2)o1. The van der Waals surface area contributed by atoms with E-state index in [1.165, 1.54) is 0 Å². The third kappa shape index (κ3) is 4.62. The molecule has 0 bridgehead atoms. The molecule has 2 aromatic rings. The summed E-state index contributed by atoms with van der Waals surface area (Å²) < 4.78 is 15.8. The normalized spacial score (nSPS) is 10.5. The molecular formula is C14H16N2O3. The molecule has 0 aliphatic rings. The van der Waals surface area contributed by atoms with Crippen LogP contribution < -0.4 is 5.32 Å². The summed E-state index contributed by atoms with van der Waals surface area (Å²) in [4.78, 5) is 0. The maximum Gasteiger partial charge on any atom is 0.203 e. The molecule has 0 amide bonds. The van der Waals surface area contributed by atoms with Gasteiger partial charge < -0.3 is 18.9 Å². The molecule has 0 spiro atoms. The second-order valence-corrected chi connectivity index (χ2v) is 4.04. The highest BCUT2D eigenvalue weighted by Crippen LogP contribution is 2.05. The maximum atomic E-state index is 8.61. The Morgan fingerprint density at radius 1 is 1.26 bits per heavy atom. The van der Waals surface area contributed by atoms with Crippen molar-refractivity contribution in [3.8, 4) is 6.07 Å². The van der Waals surface area contributed by atoms with Crippen molar-refractivity contribution in [1.29, 1.82) is 5.26 Å². The fourth-order valence-corrected chi connectivity index (χ4v) is 1.61. The van der Waals surface area contributed by atoms with E-state index in [0.717, 1.165) is 24.5 Å². The molecule has 0 saturated heterocycles. The predicted molar refractivity (Wildman–Crippen MR) is 68.1 cm³/mol. The molecule has 0 radical (unpaired) electrons. The van der Waals surface area contributed by atoms with E-state index < -0.39 is 0 Å². The van der Waals surface area contributed by atoms with Gasteiger partial charge in [-0.3, -0.25) is 0 Å². The van der Waals surface area contributed by atoms with E-state index >= 15 is 0 Å². The van der Waals surface area contributed by atoms with Crippen molar-refractivity contribution >= 4 is 0 Å². The van der Waals surface area contributed by atoms with Gasteiger partial charge in [-0.1, -0.05) is 0 Å². The van der Waals surface area contributed by atoms with Crippen LogP contribution in [-0.2, 0) is 17.9 Å². The minimum absolute atomic E-state index is 0.346. The quantitative estimate of drug-likeness (QED) is 0.738. The van der Waals surface area contributed by atoms with Gasteiger partial charge in [0.05, 0.1) is 12.8 Å². The van der Waals surface area contributed by atoms with Crippen LogP contribution in [0.25, 0.3) is 0 Å². The van der Waals surface area contributed by atoms with Crippen LogP contribution in [0.3, 0.4) is 0 Å². The van der Waals surface area contributed by atoms with E-state index in [2.05, 4.69) is 5.32 Å². The lowest BCUT2D eigenvalue weighted by Crippen LogP contribution is -2.15.